The van der Waals surface area contributed by atoms with Gasteiger partial charge in [0.05, 0.1) is 23.7 Å². The fraction of sp³-hybridized carbons (Fsp3) is 0.455. The van der Waals surface area contributed by atoms with Gasteiger partial charge in [-0.3, -0.25) is 29.6 Å². The maximum absolute atomic E-state index is 12.9. The van der Waals surface area contributed by atoms with Crippen molar-refractivity contribution in [3.05, 3.63) is 40.5 Å². The highest BCUT2D eigenvalue weighted by Crippen LogP contribution is 2.57. The van der Waals surface area contributed by atoms with Gasteiger partial charge in [-0.1, -0.05) is 23.8 Å². The molecule has 1 aromatic rings. The first-order valence-corrected chi connectivity index (χ1v) is 10.3. The predicted molar refractivity (Wildman–Crippen MR) is 102 cm³/mol. The van der Waals surface area contributed by atoms with Crippen molar-refractivity contribution in [2.75, 3.05) is 0 Å². The van der Waals surface area contributed by atoms with Gasteiger partial charge in [0.15, 0.2) is 0 Å². The van der Waals surface area contributed by atoms with Gasteiger partial charge in [-0.05, 0) is 49.3 Å². The van der Waals surface area contributed by atoms with Crippen LogP contribution in [0.3, 0.4) is 0 Å². The van der Waals surface area contributed by atoms with Crippen LogP contribution in [0, 0.1) is 43.4 Å². The van der Waals surface area contributed by atoms with E-state index in [-0.39, 0.29) is 28.7 Å². The largest absolute Gasteiger partial charge is 0.507 e. The third-order valence-corrected chi connectivity index (χ3v) is 7.47. The molecule has 0 radical (unpaired) electrons. The van der Waals surface area contributed by atoms with E-state index < -0.39 is 59.1 Å². The lowest BCUT2D eigenvalue weighted by Gasteiger charge is -2.44. The number of rotatable bonds is 1. The molecule has 6 unspecified atom stereocenters. The Morgan fingerprint density at radius 2 is 1.35 bits per heavy atom. The topological polar surface area (TPSA) is 135 Å². The monoisotopic (exact) mass is 426 g/mol. The van der Waals surface area contributed by atoms with Crippen LogP contribution in [-0.4, -0.2) is 49.3 Å². The molecule has 3 fully saturated rings. The molecule has 0 spiro atoms. The number of aromatic hydroxyl groups is 1. The first kappa shape index (κ1) is 19.9. The van der Waals surface area contributed by atoms with Gasteiger partial charge in [0, 0.05) is 5.92 Å². The predicted octanol–water partition coefficient (Wildman–Crippen LogP) is 1.42. The molecule has 2 heterocycles. The van der Waals surface area contributed by atoms with E-state index in [0.717, 1.165) is 5.57 Å². The van der Waals surface area contributed by atoms with Crippen molar-refractivity contribution in [3.8, 4) is 5.75 Å². The summed E-state index contributed by atoms with van der Waals surface area (Å²) in [5.41, 5.74) is 2.68. The number of nitrogens with zero attached hydrogens (tertiary/aromatic N) is 2. The Labute approximate surface area is 177 Å². The molecule has 162 valence electrons. The van der Waals surface area contributed by atoms with Gasteiger partial charge in [-0.2, -0.15) is 10.1 Å². The number of imide groups is 2. The van der Waals surface area contributed by atoms with Gasteiger partial charge in [0.1, 0.15) is 5.75 Å². The number of hydrogen-bond donors (Lipinski definition) is 3. The van der Waals surface area contributed by atoms with E-state index in [4.69, 9.17) is 0 Å². The molecule has 1 saturated carbocycles. The Morgan fingerprint density at radius 3 is 1.97 bits per heavy atom. The second kappa shape index (κ2) is 6.48. The van der Waals surface area contributed by atoms with Gasteiger partial charge in [0.25, 0.3) is 23.6 Å². The van der Waals surface area contributed by atoms with Crippen molar-refractivity contribution in [1.29, 1.82) is 0 Å². The van der Waals surface area contributed by atoms with E-state index in [0.29, 0.717) is 16.7 Å². The summed E-state index contributed by atoms with van der Waals surface area (Å²) in [7, 11) is 0. The smallest absolute Gasteiger partial charge is 0.258 e. The first-order chi connectivity index (χ1) is 14.6. The Kier molecular flexibility index (Phi) is 4.16. The highest BCUT2D eigenvalue weighted by atomic mass is 16.5. The third-order valence-electron chi connectivity index (χ3n) is 7.47. The van der Waals surface area contributed by atoms with Crippen LogP contribution >= 0.6 is 0 Å². The van der Waals surface area contributed by atoms with Crippen LogP contribution in [0.1, 0.15) is 35.4 Å². The molecular weight excluding hydrogens is 404 g/mol. The van der Waals surface area contributed by atoms with Crippen molar-refractivity contribution < 1.29 is 34.7 Å². The summed E-state index contributed by atoms with van der Waals surface area (Å²) in [6.07, 6.45) is 2.22. The number of carbonyl (C=O) groups is 4. The average molecular weight is 426 g/mol. The molecular formula is C22H22N2O7. The van der Waals surface area contributed by atoms with E-state index in [1.807, 2.05) is 6.08 Å². The van der Waals surface area contributed by atoms with Crippen molar-refractivity contribution >= 4 is 23.6 Å². The number of phenolic OH excluding ortho intramolecular Hbond substituents is 1. The number of hydrogen-bond acceptors (Lipinski definition) is 7. The van der Waals surface area contributed by atoms with Gasteiger partial charge in [0.2, 0.25) is 0 Å². The third kappa shape index (κ3) is 2.50. The first-order valence-electron chi connectivity index (χ1n) is 10.3. The van der Waals surface area contributed by atoms with Gasteiger partial charge < -0.3 is 5.11 Å². The second-order valence-corrected chi connectivity index (χ2v) is 9.00. The maximum Gasteiger partial charge on any atom is 0.258 e. The number of phenols is 1. The molecule has 0 aromatic heterocycles. The highest BCUT2D eigenvalue weighted by Gasteiger charge is 2.62. The minimum atomic E-state index is -0.839. The van der Waals surface area contributed by atoms with Crippen LogP contribution in [0.2, 0.25) is 0 Å². The number of aryl methyl sites for hydroxylation is 2. The van der Waals surface area contributed by atoms with Crippen LogP contribution in [-0.2, 0) is 19.2 Å². The van der Waals surface area contributed by atoms with Crippen molar-refractivity contribution in [3.63, 3.8) is 0 Å². The van der Waals surface area contributed by atoms with Gasteiger partial charge >= 0.3 is 0 Å². The molecule has 0 bridgehead atoms. The molecule has 9 nitrogen and oxygen atoms in total. The summed E-state index contributed by atoms with van der Waals surface area (Å²) in [5, 5.41) is 30.5. The van der Waals surface area contributed by atoms with E-state index in [1.165, 1.54) is 0 Å². The zero-order chi connectivity index (χ0) is 22.4. The molecule has 31 heavy (non-hydrogen) atoms. The number of carbonyl (C=O) groups excluding carboxylic acids is 4. The summed E-state index contributed by atoms with van der Waals surface area (Å²) in [5.74, 6) is -6.92. The summed E-state index contributed by atoms with van der Waals surface area (Å²) < 4.78 is 0. The second-order valence-electron chi connectivity index (χ2n) is 9.00. The summed E-state index contributed by atoms with van der Waals surface area (Å²) in [6.45, 7) is 3.47. The molecule has 4 aliphatic rings. The number of allylic oxidation sites excluding steroid dienone is 2. The SMILES string of the molecule is Cc1cc(C2C3=CCC4C(=O)N(O)C(=O)C4C3CC3C(=O)N(O)C(=O)C32)cc(C)c1O. The Hall–Kier alpha value is -3.04. The van der Waals surface area contributed by atoms with E-state index in [2.05, 4.69) is 0 Å². The zero-order valence-electron chi connectivity index (χ0n) is 17.0. The molecule has 4 amide bonds. The number of hydroxylamine groups is 4. The molecule has 2 saturated heterocycles. The lowest BCUT2D eigenvalue weighted by Crippen LogP contribution is -2.43. The number of fused-ring (bicyclic) bond motifs is 4. The highest BCUT2D eigenvalue weighted by molar-refractivity contribution is 6.06. The fourth-order valence-corrected chi connectivity index (χ4v) is 6.10. The van der Waals surface area contributed by atoms with Crippen LogP contribution in [0.5, 0.6) is 5.75 Å². The molecule has 9 heteroatoms. The molecule has 2 aliphatic carbocycles. The van der Waals surface area contributed by atoms with Crippen molar-refractivity contribution in [2.24, 2.45) is 29.6 Å². The molecule has 6 atom stereocenters. The standard InChI is InChI=1S/C22H22N2O7/c1-8-5-10(6-9(2)18(8)25)15-11-3-4-12-16(21(28)23(30)19(12)26)13(11)7-14-17(15)22(29)24(31)20(14)27/h3,5-6,12-17,25,30-31H,4,7H2,1-2H3. The Balaban J connectivity index is 1.69. The van der Waals surface area contributed by atoms with Crippen LogP contribution < -0.4 is 0 Å². The number of amides is 4. The fourth-order valence-electron chi connectivity index (χ4n) is 6.10. The molecule has 1 aromatic carbocycles. The average Bonchev–Trinajstić information content (AvgIpc) is 3.10. The quantitative estimate of drug-likeness (QED) is 0.351. The minimum absolute atomic E-state index is 0.135. The molecule has 3 N–H and O–H groups in total. The minimum Gasteiger partial charge on any atom is -0.507 e. The van der Waals surface area contributed by atoms with Crippen molar-refractivity contribution in [2.45, 2.75) is 32.6 Å². The zero-order valence-corrected chi connectivity index (χ0v) is 17.0. The van der Waals surface area contributed by atoms with Gasteiger partial charge in [-0.15, -0.1) is 0 Å². The number of benzene rings is 1. The lowest BCUT2D eigenvalue weighted by atomic mass is 9.57. The lowest BCUT2D eigenvalue weighted by molar-refractivity contribution is -0.174. The van der Waals surface area contributed by atoms with Crippen LogP contribution in [0.4, 0.5) is 0 Å². The molecule has 2 aliphatic heterocycles. The summed E-state index contributed by atoms with van der Waals surface area (Å²) in [4.78, 5) is 50.5. The Bertz CT molecular complexity index is 1070. The Morgan fingerprint density at radius 1 is 0.806 bits per heavy atom. The summed E-state index contributed by atoms with van der Waals surface area (Å²) in [6, 6.07) is 3.49. The van der Waals surface area contributed by atoms with Gasteiger partial charge in [-0.25, -0.2) is 0 Å². The van der Waals surface area contributed by atoms with Crippen molar-refractivity contribution in [1.82, 2.24) is 10.1 Å². The van der Waals surface area contributed by atoms with E-state index in [1.54, 1.807) is 26.0 Å². The maximum atomic E-state index is 12.9. The van der Waals surface area contributed by atoms with Crippen LogP contribution in [0.15, 0.2) is 23.8 Å². The normalized spacial score (nSPS) is 34.6. The van der Waals surface area contributed by atoms with E-state index in [9.17, 15) is 34.7 Å². The van der Waals surface area contributed by atoms with Crippen LogP contribution in [0.25, 0.3) is 0 Å². The summed E-state index contributed by atoms with van der Waals surface area (Å²) >= 11 is 0. The van der Waals surface area contributed by atoms with E-state index >= 15 is 0 Å². The molecule has 5 rings (SSSR count).